The molecule has 1 aromatic heterocycles. The molecule has 4 nitrogen and oxygen atoms in total. The third-order valence-corrected chi connectivity index (χ3v) is 4.54. The van der Waals surface area contributed by atoms with Crippen LogP contribution in [0.1, 0.15) is 18.1 Å². The second-order valence-corrected chi connectivity index (χ2v) is 6.87. The first-order chi connectivity index (χ1) is 10.5. The minimum Gasteiger partial charge on any atom is -0.384 e. The molecule has 6 heteroatoms. The van der Waals surface area contributed by atoms with Gasteiger partial charge in [0.2, 0.25) is 0 Å². The average Bonchev–Trinajstić information content (AvgIpc) is 3.01. The highest BCUT2D eigenvalue weighted by Crippen LogP contribution is 2.22. The Morgan fingerprint density at radius 3 is 2.91 bits per heavy atom. The first-order valence-corrected chi connectivity index (χ1v) is 9.23. The van der Waals surface area contributed by atoms with Gasteiger partial charge < -0.3 is 15.7 Å². The van der Waals surface area contributed by atoms with E-state index in [0.29, 0.717) is 0 Å². The Bertz CT molecular complexity index is 612. The van der Waals surface area contributed by atoms with E-state index in [-0.39, 0.29) is 12.6 Å². The number of thioether (sulfide) groups is 1. The maximum absolute atomic E-state index is 12.0. The van der Waals surface area contributed by atoms with E-state index in [1.807, 2.05) is 47.3 Å². The summed E-state index contributed by atoms with van der Waals surface area (Å²) in [6.07, 6.45) is 2.04. The topological polar surface area (TPSA) is 61.4 Å². The van der Waals surface area contributed by atoms with E-state index in [1.165, 1.54) is 11.3 Å². The fraction of sp³-hybridized carbons (Fsp3) is 0.312. The van der Waals surface area contributed by atoms with Crippen molar-refractivity contribution >= 4 is 34.8 Å². The summed E-state index contributed by atoms with van der Waals surface area (Å²) in [5.41, 5.74) is 1.65. The van der Waals surface area contributed by atoms with Gasteiger partial charge in [0.15, 0.2) is 0 Å². The molecule has 0 aliphatic rings. The molecule has 1 unspecified atom stereocenters. The predicted molar refractivity (Wildman–Crippen MR) is 94.6 cm³/mol. The molecule has 0 saturated carbocycles. The summed E-state index contributed by atoms with van der Waals surface area (Å²) in [7, 11) is 0. The number of carbonyl (C=O) groups is 1. The number of rotatable bonds is 6. The van der Waals surface area contributed by atoms with Gasteiger partial charge in [-0.2, -0.15) is 23.1 Å². The first kappa shape index (κ1) is 16.9. The van der Waals surface area contributed by atoms with Crippen LogP contribution >= 0.6 is 23.1 Å². The molecule has 0 spiro atoms. The number of carbonyl (C=O) groups excluding carboxylic acids is 1. The number of aliphatic hydroxyl groups is 1. The number of amides is 2. The highest BCUT2D eigenvalue weighted by molar-refractivity contribution is 7.97. The number of thiophene rings is 1. The van der Waals surface area contributed by atoms with Crippen LogP contribution in [-0.4, -0.2) is 23.9 Å². The van der Waals surface area contributed by atoms with Gasteiger partial charge in [-0.1, -0.05) is 12.1 Å². The molecule has 0 saturated heterocycles. The molecule has 22 heavy (non-hydrogen) atoms. The van der Waals surface area contributed by atoms with Crippen molar-refractivity contribution < 1.29 is 9.90 Å². The van der Waals surface area contributed by atoms with Crippen molar-refractivity contribution in [2.45, 2.75) is 18.3 Å². The molecule has 118 valence electrons. The van der Waals surface area contributed by atoms with Crippen LogP contribution < -0.4 is 10.6 Å². The van der Waals surface area contributed by atoms with Gasteiger partial charge in [-0.05, 0) is 53.3 Å². The fourth-order valence-electron chi connectivity index (χ4n) is 2.01. The summed E-state index contributed by atoms with van der Waals surface area (Å²) in [4.78, 5) is 12.0. The maximum Gasteiger partial charge on any atom is 0.319 e. The molecule has 1 atom stereocenters. The number of urea groups is 1. The SMILES string of the molecule is CSCc1cccc(NC(=O)NCC(C)(O)c2ccsc2)c1. The Kier molecular flexibility index (Phi) is 5.88. The second kappa shape index (κ2) is 7.67. The summed E-state index contributed by atoms with van der Waals surface area (Å²) >= 11 is 3.25. The quantitative estimate of drug-likeness (QED) is 0.755. The largest absolute Gasteiger partial charge is 0.384 e. The van der Waals surface area contributed by atoms with Crippen molar-refractivity contribution in [3.63, 3.8) is 0 Å². The van der Waals surface area contributed by atoms with Crippen LogP contribution in [0.4, 0.5) is 10.5 Å². The lowest BCUT2D eigenvalue weighted by molar-refractivity contribution is 0.0604. The summed E-state index contributed by atoms with van der Waals surface area (Å²) in [5, 5.41) is 19.7. The third-order valence-electron chi connectivity index (χ3n) is 3.23. The molecule has 1 heterocycles. The highest BCUT2D eigenvalue weighted by Gasteiger charge is 2.24. The van der Waals surface area contributed by atoms with E-state index in [0.717, 1.165) is 22.6 Å². The Labute approximate surface area is 138 Å². The normalized spacial score (nSPS) is 13.4. The van der Waals surface area contributed by atoms with Crippen molar-refractivity contribution in [1.82, 2.24) is 5.32 Å². The van der Waals surface area contributed by atoms with E-state index < -0.39 is 5.60 Å². The van der Waals surface area contributed by atoms with Crippen molar-refractivity contribution in [3.05, 3.63) is 52.2 Å². The van der Waals surface area contributed by atoms with Crippen LogP contribution in [0.5, 0.6) is 0 Å². The molecule has 0 aliphatic heterocycles. The maximum atomic E-state index is 12.0. The zero-order chi connectivity index (χ0) is 16.0. The molecule has 2 aromatic rings. The minimum atomic E-state index is -1.07. The molecule has 2 rings (SSSR count). The predicted octanol–water partition coefficient (Wildman–Crippen LogP) is 3.64. The lowest BCUT2D eigenvalue weighted by Crippen LogP contribution is -2.40. The molecule has 0 fully saturated rings. The van der Waals surface area contributed by atoms with Gasteiger partial charge >= 0.3 is 6.03 Å². The Balaban J connectivity index is 1.89. The monoisotopic (exact) mass is 336 g/mol. The zero-order valence-electron chi connectivity index (χ0n) is 12.6. The molecular formula is C16H20N2O2S2. The van der Waals surface area contributed by atoms with Crippen molar-refractivity contribution in [1.29, 1.82) is 0 Å². The second-order valence-electron chi connectivity index (χ2n) is 5.23. The highest BCUT2D eigenvalue weighted by atomic mass is 32.2. The van der Waals surface area contributed by atoms with Gasteiger partial charge in [-0.3, -0.25) is 0 Å². The lowest BCUT2D eigenvalue weighted by atomic mass is 9.99. The van der Waals surface area contributed by atoms with Gasteiger partial charge in [0, 0.05) is 11.4 Å². The van der Waals surface area contributed by atoms with E-state index in [9.17, 15) is 9.90 Å². The van der Waals surface area contributed by atoms with Crippen molar-refractivity contribution in [2.24, 2.45) is 0 Å². The number of benzene rings is 1. The fourth-order valence-corrected chi connectivity index (χ4v) is 3.30. The van der Waals surface area contributed by atoms with Gasteiger partial charge in [-0.25, -0.2) is 4.79 Å². The van der Waals surface area contributed by atoms with E-state index in [4.69, 9.17) is 0 Å². The molecule has 2 amide bonds. The van der Waals surface area contributed by atoms with Gasteiger partial charge in [-0.15, -0.1) is 0 Å². The molecule has 1 aromatic carbocycles. The van der Waals surface area contributed by atoms with Crippen molar-refractivity contribution in [3.8, 4) is 0 Å². The molecular weight excluding hydrogens is 316 g/mol. The third kappa shape index (κ3) is 4.76. The number of anilines is 1. The zero-order valence-corrected chi connectivity index (χ0v) is 14.3. The smallest absolute Gasteiger partial charge is 0.319 e. The van der Waals surface area contributed by atoms with Gasteiger partial charge in [0.25, 0.3) is 0 Å². The number of hydrogen-bond donors (Lipinski definition) is 3. The van der Waals surface area contributed by atoms with Gasteiger partial charge in [0.05, 0.1) is 6.54 Å². The Morgan fingerprint density at radius 1 is 1.41 bits per heavy atom. The first-order valence-electron chi connectivity index (χ1n) is 6.89. The lowest BCUT2D eigenvalue weighted by Gasteiger charge is -2.22. The standard InChI is InChI=1S/C16H20N2O2S2/c1-16(20,13-6-7-22-10-13)11-17-15(19)18-14-5-3-4-12(8-14)9-21-2/h3-8,10,20H,9,11H2,1-2H3,(H2,17,18,19). The van der Waals surface area contributed by atoms with Crippen LogP contribution in [0.3, 0.4) is 0 Å². The molecule has 0 bridgehead atoms. The summed E-state index contributed by atoms with van der Waals surface area (Å²) < 4.78 is 0. The van der Waals surface area contributed by atoms with E-state index in [1.54, 1.807) is 18.7 Å². The van der Waals surface area contributed by atoms with Crippen LogP contribution in [0, 0.1) is 0 Å². The number of nitrogens with one attached hydrogen (secondary N) is 2. The number of hydrogen-bond acceptors (Lipinski definition) is 4. The minimum absolute atomic E-state index is 0.153. The summed E-state index contributed by atoms with van der Waals surface area (Å²) in [5.74, 6) is 0.907. The molecule has 3 N–H and O–H groups in total. The Morgan fingerprint density at radius 2 is 2.23 bits per heavy atom. The van der Waals surface area contributed by atoms with Crippen molar-refractivity contribution in [2.75, 3.05) is 18.1 Å². The average molecular weight is 336 g/mol. The van der Waals surface area contributed by atoms with E-state index in [2.05, 4.69) is 10.6 Å². The van der Waals surface area contributed by atoms with Crippen LogP contribution in [0.25, 0.3) is 0 Å². The van der Waals surface area contributed by atoms with Crippen LogP contribution in [0.2, 0.25) is 0 Å². The van der Waals surface area contributed by atoms with Crippen LogP contribution in [0.15, 0.2) is 41.1 Å². The Hall–Kier alpha value is -1.50. The molecule has 0 radical (unpaired) electrons. The summed E-state index contributed by atoms with van der Waals surface area (Å²) in [6.45, 7) is 1.84. The summed E-state index contributed by atoms with van der Waals surface area (Å²) in [6, 6.07) is 9.28. The van der Waals surface area contributed by atoms with Gasteiger partial charge in [0.1, 0.15) is 5.60 Å². The molecule has 0 aliphatic carbocycles. The van der Waals surface area contributed by atoms with Crippen LogP contribution in [-0.2, 0) is 11.4 Å². The van der Waals surface area contributed by atoms with E-state index >= 15 is 0 Å².